The molecule has 0 aliphatic rings. The maximum atomic E-state index is 9.05. The molecule has 0 atom stereocenters. The summed E-state index contributed by atoms with van der Waals surface area (Å²) in [5, 5.41) is 9.85. The predicted molar refractivity (Wildman–Crippen MR) is 78.1 cm³/mol. The van der Waals surface area contributed by atoms with Crippen molar-refractivity contribution in [3.8, 4) is 11.5 Å². The van der Waals surface area contributed by atoms with Gasteiger partial charge in [0.1, 0.15) is 4.64 Å². The molecule has 7 heteroatoms. The van der Waals surface area contributed by atoms with Crippen LogP contribution in [0.3, 0.4) is 0 Å². The molecule has 0 spiro atoms. The van der Waals surface area contributed by atoms with Gasteiger partial charge >= 0.3 is 0 Å². The summed E-state index contributed by atoms with van der Waals surface area (Å²) < 4.78 is 13.2. The van der Waals surface area contributed by atoms with Crippen molar-refractivity contribution in [1.29, 1.82) is 0 Å². The summed E-state index contributed by atoms with van der Waals surface area (Å²) >= 11 is 10.6. The average molecular weight is 298 g/mol. The van der Waals surface area contributed by atoms with Gasteiger partial charge in [-0.2, -0.15) is 0 Å². The first-order valence-corrected chi connectivity index (χ1v) is 6.43. The number of methoxy groups -OCH3 is 2. The molecule has 0 radical (unpaired) electrons. The number of fused-ring (bicyclic) bond motifs is 1. The van der Waals surface area contributed by atoms with Crippen LogP contribution in [-0.2, 0) is 6.54 Å². The van der Waals surface area contributed by atoms with Crippen LogP contribution in [0.5, 0.6) is 11.5 Å². The molecule has 0 aliphatic carbocycles. The molecule has 0 amide bonds. The second-order valence-electron chi connectivity index (χ2n) is 3.86. The van der Waals surface area contributed by atoms with Gasteiger partial charge in [0, 0.05) is 18.0 Å². The molecule has 0 saturated heterocycles. The minimum Gasteiger partial charge on any atom is -0.493 e. The number of H-pyrrole nitrogens is 1. The number of rotatable bonds is 4. The first-order chi connectivity index (χ1) is 9.12. The minimum absolute atomic E-state index is 0.0232. The van der Waals surface area contributed by atoms with E-state index in [4.69, 9.17) is 39.0 Å². The van der Waals surface area contributed by atoms with E-state index in [2.05, 4.69) is 4.98 Å². The van der Waals surface area contributed by atoms with Crippen molar-refractivity contribution < 1.29 is 14.6 Å². The van der Waals surface area contributed by atoms with Gasteiger partial charge in [0.15, 0.2) is 16.3 Å². The Kier molecular flexibility index (Phi) is 4.18. The van der Waals surface area contributed by atoms with Gasteiger partial charge in [0.05, 0.1) is 26.3 Å². The molecule has 102 valence electrons. The van der Waals surface area contributed by atoms with Crippen molar-refractivity contribution in [2.24, 2.45) is 0 Å². The molecule has 0 fully saturated rings. The topological polar surface area (TPSA) is 59.4 Å². The van der Waals surface area contributed by atoms with Crippen LogP contribution in [0.15, 0.2) is 12.1 Å². The molecular formula is C12H14N2O3S2. The zero-order chi connectivity index (χ0) is 14.0. The largest absolute Gasteiger partial charge is 0.493 e. The minimum atomic E-state index is -0.0232. The van der Waals surface area contributed by atoms with Gasteiger partial charge in [-0.05, 0) is 18.3 Å². The summed E-state index contributed by atoms with van der Waals surface area (Å²) in [5.41, 5.74) is 0.779. The van der Waals surface area contributed by atoms with Crippen LogP contribution < -0.4 is 9.47 Å². The van der Waals surface area contributed by atoms with Gasteiger partial charge in [-0.15, -0.1) is 0 Å². The van der Waals surface area contributed by atoms with Crippen molar-refractivity contribution in [3.05, 3.63) is 21.5 Å². The third-order valence-corrected chi connectivity index (χ3v) is 3.57. The number of ether oxygens (including phenoxy) is 2. The number of aromatic nitrogens is 2. The molecule has 0 aliphatic heterocycles. The lowest BCUT2D eigenvalue weighted by atomic mass is 10.2. The van der Waals surface area contributed by atoms with Gasteiger partial charge in [-0.25, -0.2) is 0 Å². The third kappa shape index (κ3) is 2.49. The second-order valence-corrected chi connectivity index (χ2v) is 4.64. The molecule has 0 saturated carbocycles. The highest BCUT2D eigenvalue weighted by Crippen LogP contribution is 2.31. The number of nitrogens with zero attached hydrogens (tertiary/aromatic N) is 1. The van der Waals surface area contributed by atoms with E-state index in [1.807, 2.05) is 0 Å². The predicted octanol–water partition coefficient (Wildman–Crippen LogP) is 2.44. The number of hydrogen-bond acceptors (Lipinski definition) is 5. The van der Waals surface area contributed by atoms with Crippen LogP contribution >= 0.6 is 24.4 Å². The van der Waals surface area contributed by atoms with E-state index < -0.39 is 0 Å². The maximum Gasteiger partial charge on any atom is 0.178 e. The summed E-state index contributed by atoms with van der Waals surface area (Å²) in [7, 11) is 3.14. The Morgan fingerprint density at radius 2 is 1.84 bits per heavy atom. The van der Waals surface area contributed by atoms with E-state index in [0.717, 1.165) is 10.9 Å². The normalized spacial score (nSPS) is 10.7. The lowest BCUT2D eigenvalue weighted by Crippen LogP contribution is -2.07. The summed E-state index contributed by atoms with van der Waals surface area (Å²) in [6.45, 7) is 0.336. The number of nitrogens with one attached hydrogen (secondary N) is 1. The highest BCUT2D eigenvalue weighted by molar-refractivity contribution is 7.72. The Bertz CT molecular complexity index is 721. The van der Waals surface area contributed by atoms with Crippen LogP contribution in [0.25, 0.3) is 10.9 Å². The van der Waals surface area contributed by atoms with Gasteiger partial charge < -0.3 is 24.1 Å². The van der Waals surface area contributed by atoms with Crippen LogP contribution in [0.1, 0.15) is 0 Å². The number of aliphatic hydroxyl groups excluding tert-OH is 1. The Morgan fingerprint density at radius 3 is 2.42 bits per heavy atom. The number of benzene rings is 1. The van der Waals surface area contributed by atoms with Crippen LogP contribution in [0.4, 0.5) is 0 Å². The molecular weight excluding hydrogens is 284 g/mol. The second kappa shape index (κ2) is 5.68. The van der Waals surface area contributed by atoms with E-state index in [1.165, 1.54) is 0 Å². The van der Waals surface area contributed by atoms with E-state index in [9.17, 15) is 0 Å². The first-order valence-electron chi connectivity index (χ1n) is 5.62. The van der Waals surface area contributed by atoms with Crippen LogP contribution in [0, 0.1) is 9.41 Å². The SMILES string of the molecule is COc1cc2[nH]c(=S)n(CCO)c(=S)c2cc1OC. The molecule has 19 heavy (non-hydrogen) atoms. The molecule has 2 rings (SSSR count). The van der Waals surface area contributed by atoms with E-state index >= 15 is 0 Å². The zero-order valence-electron chi connectivity index (χ0n) is 10.6. The van der Waals surface area contributed by atoms with Crippen LogP contribution in [-0.4, -0.2) is 35.5 Å². The molecule has 1 aromatic heterocycles. The molecule has 2 aromatic rings. The molecule has 2 N–H and O–H groups in total. The van der Waals surface area contributed by atoms with Crippen molar-refractivity contribution in [2.45, 2.75) is 6.54 Å². The quantitative estimate of drug-likeness (QED) is 0.849. The van der Waals surface area contributed by atoms with E-state index in [0.29, 0.717) is 27.5 Å². The summed E-state index contributed by atoms with van der Waals surface area (Å²) in [4.78, 5) is 3.07. The summed E-state index contributed by atoms with van der Waals surface area (Å²) in [5.74, 6) is 1.21. The molecule has 1 heterocycles. The molecule has 0 bridgehead atoms. The van der Waals surface area contributed by atoms with Gasteiger partial charge in [-0.1, -0.05) is 12.2 Å². The number of hydrogen-bond donors (Lipinski definition) is 2. The monoisotopic (exact) mass is 298 g/mol. The smallest absolute Gasteiger partial charge is 0.178 e. The van der Waals surface area contributed by atoms with Crippen LogP contribution in [0.2, 0.25) is 0 Å². The van der Waals surface area contributed by atoms with Gasteiger partial charge in [0.2, 0.25) is 0 Å². The molecule has 0 unspecified atom stereocenters. The van der Waals surface area contributed by atoms with Crippen molar-refractivity contribution in [3.63, 3.8) is 0 Å². The average Bonchev–Trinajstić information content (AvgIpc) is 2.42. The Hall–Kier alpha value is -1.44. The Labute approximate surface area is 120 Å². The zero-order valence-corrected chi connectivity index (χ0v) is 12.2. The highest BCUT2D eigenvalue weighted by atomic mass is 32.1. The Balaban J connectivity index is 2.82. The molecule has 1 aromatic carbocycles. The first kappa shape index (κ1) is 14.0. The fourth-order valence-electron chi connectivity index (χ4n) is 1.88. The molecule has 5 nitrogen and oxygen atoms in total. The Morgan fingerprint density at radius 1 is 1.21 bits per heavy atom. The number of aliphatic hydroxyl groups is 1. The lowest BCUT2D eigenvalue weighted by molar-refractivity contribution is 0.274. The van der Waals surface area contributed by atoms with E-state index in [1.54, 1.807) is 30.9 Å². The van der Waals surface area contributed by atoms with E-state index in [-0.39, 0.29) is 6.61 Å². The maximum absolute atomic E-state index is 9.05. The summed E-state index contributed by atoms with van der Waals surface area (Å²) in [6, 6.07) is 3.60. The van der Waals surface area contributed by atoms with Crippen molar-refractivity contribution in [1.82, 2.24) is 9.55 Å². The van der Waals surface area contributed by atoms with Gasteiger partial charge in [-0.3, -0.25) is 0 Å². The summed E-state index contributed by atoms with van der Waals surface area (Å²) in [6.07, 6.45) is 0. The van der Waals surface area contributed by atoms with Gasteiger partial charge in [0.25, 0.3) is 0 Å². The van der Waals surface area contributed by atoms with Crippen molar-refractivity contribution >= 4 is 35.3 Å². The number of aromatic amines is 1. The standard InChI is InChI=1S/C12H14N2O3S2/c1-16-9-5-7-8(6-10(9)17-2)13-12(19)14(3-4-15)11(7)18/h5-6,15H,3-4H2,1-2H3,(H,13,19). The third-order valence-electron chi connectivity index (χ3n) is 2.81. The highest BCUT2D eigenvalue weighted by Gasteiger charge is 2.09. The fourth-order valence-corrected chi connectivity index (χ4v) is 2.58. The van der Waals surface area contributed by atoms with Crippen molar-refractivity contribution in [2.75, 3.05) is 20.8 Å². The fraction of sp³-hybridized carbons (Fsp3) is 0.333. The lowest BCUT2D eigenvalue weighted by Gasteiger charge is -2.12.